The van der Waals surface area contributed by atoms with Crippen molar-refractivity contribution in [3.8, 4) is 11.4 Å². The lowest BCUT2D eigenvalue weighted by molar-refractivity contribution is 0.184. The van der Waals surface area contributed by atoms with Crippen LogP contribution in [0.3, 0.4) is 0 Å². The molecule has 0 radical (unpaired) electrons. The molecule has 1 aliphatic heterocycles. The first-order valence-electron chi connectivity index (χ1n) is 5.67. The number of aromatic nitrogens is 4. The fourth-order valence-electron chi connectivity index (χ4n) is 2.06. The second-order valence-electron chi connectivity index (χ2n) is 4.17. The summed E-state index contributed by atoms with van der Waals surface area (Å²) in [6.45, 7) is 1.35. The van der Waals surface area contributed by atoms with E-state index in [1.54, 1.807) is 10.7 Å². The van der Waals surface area contributed by atoms with E-state index in [9.17, 15) is 0 Å². The molecule has 18 heavy (non-hydrogen) atoms. The summed E-state index contributed by atoms with van der Waals surface area (Å²) >= 11 is 6.02. The minimum atomic E-state index is 0.161. The molecule has 0 bridgehead atoms. The topological polar surface area (TPSA) is 78.9 Å². The van der Waals surface area contributed by atoms with Gasteiger partial charge in [-0.1, -0.05) is 17.7 Å². The number of ether oxygens (including phenoxy) is 1. The highest BCUT2D eigenvalue weighted by atomic mass is 35.5. The molecule has 1 unspecified atom stereocenters. The van der Waals surface area contributed by atoms with Crippen LogP contribution in [0.2, 0.25) is 5.02 Å². The minimum absolute atomic E-state index is 0.161. The molecular formula is C11H12ClN5O. The van der Waals surface area contributed by atoms with E-state index in [4.69, 9.17) is 22.1 Å². The Morgan fingerprint density at radius 1 is 1.44 bits per heavy atom. The van der Waals surface area contributed by atoms with Gasteiger partial charge in [-0.3, -0.25) is 0 Å². The summed E-state index contributed by atoms with van der Waals surface area (Å²) in [6, 6.07) is 5.60. The van der Waals surface area contributed by atoms with E-state index in [0.29, 0.717) is 23.1 Å². The van der Waals surface area contributed by atoms with Gasteiger partial charge in [-0.2, -0.15) is 0 Å². The van der Waals surface area contributed by atoms with Crippen molar-refractivity contribution >= 4 is 17.3 Å². The molecular weight excluding hydrogens is 254 g/mol. The number of nitrogen functional groups attached to an aromatic ring is 1. The molecule has 7 heteroatoms. The van der Waals surface area contributed by atoms with E-state index in [0.717, 1.165) is 18.6 Å². The lowest BCUT2D eigenvalue weighted by Gasteiger charge is -2.11. The van der Waals surface area contributed by atoms with E-state index < -0.39 is 0 Å². The summed E-state index contributed by atoms with van der Waals surface area (Å²) in [4.78, 5) is 0. The van der Waals surface area contributed by atoms with E-state index in [1.165, 1.54) is 0 Å². The largest absolute Gasteiger partial charge is 0.397 e. The number of hydrogen-bond acceptors (Lipinski definition) is 5. The SMILES string of the molecule is Nc1c(Cl)cccc1-c1nnnn1C1CCOC1. The zero-order valence-corrected chi connectivity index (χ0v) is 10.3. The number of rotatable bonds is 2. The molecule has 1 saturated heterocycles. The van der Waals surface area contributed by atoms with Crippen molar-refractivity contribution in [2.24, 2.45) is 0 Å². The van der Waals surface area contributed by atoms with Crippen molar-refractivity contribution in [1.29, 1.82) is 0 Å². The van der Waals surface area contributed by atoms with Gasteiger partial charge in [0.1, 0.15) is 0 Å². The quantitative estimate of drug-likeness (QED) is 0.833. The molecule has 2 aromatic rings. The van der Waals surface area contributed by atoms with Crippen LogP contribution in [-0.2, 0) is 4.74 Å². The average molecular weight is 266 g/mol. The number of halogens is 1. The van der Waals surface area contributed by atoms with Crippen LogP contribution in [0.5, 0.6) is 0 Å². The van der Waals surface area contributed by atoms with Gasteiger partial charge in [0.05, 0.1) is 23.4 Å². The molecule has 0 amide bonds. The first kappa shape index (κ1) is 11.4. The summed E-state index contributed by atoms with van der Waals surface area (Å²) in [5, 5.41) is 12.3. The average Bonchev–Trinajstić information content (AvgIpc) is 3.01. The van der Waals surface area contributed by atoms with Crippen LogP contribution in [-0.4, -0.2) is 33.4 Å². The molecule has 0 aliphatic carbocycles. The van der Waals surface area contributed by atoms with Crippen LogP contribution < -0.4 is 5.73 Å². The van der Waals surface area contributed by atoms with Crippen molar-refractivity contribution in [1.82, 2.24) is 20.2 Å². The zero-order chi connectivity index (χ0) is 12.5. The maximum atomic E-state index is 6.02. The molecule has 3 rings (SSSR count). The zero-order valence-electron chi connectivity index (χ0n) is 9.58. The number of anilines is 1. The van der Waals surface area contributed by atoms with Crippen LogP contribution in [0.15, 0.2) is 18.2 Å². The van der Waals surface area contributed by atoms with Gasteiger partial charge in [0, 0.05) is 12.2 Å². The Balaban J connectivity index is 2.06. The molecule has 1 atom stereocenters. The normalized spacial score (nSPS) is 19.3. The number of nitrogens with two attached hydrogens (primary N) is 1. The molecule has 94 valence electrons. The maximum absolute atomic E-state index is 6.02. The van der Waals surface area contributed by atoms with E-state index in [2.05, 4.69) is 15.5 Å². The van der Waals surface area contributed by atoms with Crippen molar-refractivity contribution in [3.05, 3.63) is 23.2 Å². The number of hydrogen-bond donors (Lipinski definition) is 1. The van der Waals surface area contributed by atoms with Crippen LogP contribution in [0.4, 0.5) is 5.69 Å². The minimum Gasteiger partial charge on any atom is -0.397 e. The second kappa shape index (κ2) is 4.55. The number of nitrogens with zero attached hydrogens (tertiary/aromatic N) is 4. The Bertz CT molecular complexity index is 564. The van der Waals surface area contributed by atoms with E-state index >= 15 is 0 Å². The lowest BCUT2D eigenvalue weighted by atomic mass is 10.1. The van der Waals surface area contributed by atoms with Gasteiger partial charge in [-0.05, 0) is 29.0 Å². The molecule has 1 fully saturated rings. The van der Waals surface area contributed by atoms with Gasteiger partial charge >= 0.3 is 0 Å². The van der Waals surface area contributed by atoms with E-state index in [1.807, 2.05) is 12.1 Å². The molecule has 2 heterocycles. The molecule has 1 aromatic heterocycles. The molecule has 6 nitrogen and oxygen atoms in total. The molecule has 1 aliphatic rings. The van der Waals surface area contributed by atoms with Gasteiger partial charge in [-0.15, -0.1) is 5.10 Å². The van der Waals surface area contributed by atoms with Crippen LogP contribution in [0, 0.1) is 0 Å². The predicted octanol–water partition coefficient (Wildman–Crippen LogP) is 1.54. The Labute approximate surface area is 109 Å². The number of para-hydroxylation sites is 1. The van der Waals surface area contributed by atoms with Crippen LogP contribution in [0.1, 0.15) is 12.5 Å². The summed E-state index contributed by atoms with van der Waals surface area (Å²) in [5.74, 6) is 0.630. The second-order valence-corrected chi connectivity index (χ2v) is 4.57. The Kier molecular flexibility index (Phi) is 2.89. The third-order valence-corrected chi connectivity index (χ3v) is 3.37. The van der Waals surface area contributed by atoms with Crippen molar-refractivity contribution in [2.45, 2.75) is 12.5 Å². The third-order valence-electron chi connectivity index (χ3n) is 3.04. The number of benzene rings is 1. The van der Waals surface area contributed by atoms with Crippen molar-refractivity contribution in [2.75, 3.05) is 18.9 Å². The highest BCUT2D eigenvalue weighted by Gasteiger charge is 2.23. The van der Waals surface area contributed by atoms with Crippen LogP contribution in [0.25, 0.3) is 11.4 Å². The highest BCUT2D eigenvalue weighted by molar-refractivity contribution is 6.33. The standard InChI is InChI=1S/C11H12ClN5O/c12-9-3-1-2-8(10(9)13)11-14-15-16-17(11)7-4-5-18-6-7/h1-3,7H,4-6,13H2. The van der Waals surface area contributed by atoms with Crippen molar-refractivity contribution in [3.63, 3.8) is 0 Å². The van der Waals surface area contributed by atoms with E-state index in [-0.39, 0.29) is 6.04 Å². The van der Waals surface area contributed by atoms with Crippen LogP contribution >= 0.6 is 11.6 Å². The Morgan fingerprint density at radius 3 is 3.11 bits per heavy atom. The summed E-state index contributed by atoms with van der Waals surface area (Å²) in [6.07, 6.45) is 0.901. The highest BCUT2D eigenvalue weighted by Crippen LogP contribution is 2.31. The van der Waals surface area contributed by atoms with Gasteiger partial charge in [-0.25, -0.2) is 4.68 Å². The number of tetrazole rings is 1. The molecule has 0 spiro atoms. The van der Waals surface area contributed by atoms with Gasteiger partial charge in [0.15, 0.2) is 5.82 Å². The molecule has 1 aromatic carbocycles. The molecule has 0 saturated carbocycles. The molecule has 2 N–H and O–H groups in total. The first-order valence-corrected chi connectivity index (χ1v) is 6.05. The Morgan fingerprint density at radius 2 is 2.33 bits per heavy atom. The van der Waals surface area contributed by atoms with Crippen molar-refractivity contribution < 1.29 is 4.74 Å². The smallest absolute Gasteiger partial charge is 0.184 e. The lowest BCUT2D eigenvalue weighted by Crippen LogP contribution is -2.12. The Hall–Kier alpha value is -1.66. The third kappa shape index (κ3) is 1.83. The summed E-state index contributed by atoms with van der Waals surface area (Å²) < 4.78 is 7.11. The summed E-state index contributed by atoms with van der Waals surface area (Å²) in [5.41, 5.74) is 7.21. The first-order chi connectivity index (χ1) is 8.77. The van der Waals surface area contributed by atoms with Gasteiger partial charge in [0.2, 0.25) is 0 Å². The van der Waals surface area contributed by atoms with Gasteiger partial charge < -0.3 is 10.5 Å². The fourth-order valence-corrected chi connectivity index (χ4v) is 2.24. The predicted molar refractivity (Wildman–Crippen MR) is 67.1 cm³/mol. The fraction of sp³-hybridized carbons (Fsp3) is 0.364. The maximum Gasteiger partial charge on any atom is 0.184 e. The monoisotopic (exact) mass is 265 g/mol. The summed E-state index contributed by atoms with van der Waals surface area (Å²) in [7, 11) is 0. The van der Waals surface area contributed by atoms with Gasteiger partial charge in [0.25, 0.3) is 0 Å².